The van der Waals surface area contributed by atoms with Crippen molar-refractivity contribution in [2.45, 2.75) is 36.4 Å². The average Bonchev–Trinajstić information content (AvgIpc) is 2.02. The third kappa shape index (κ3) is 4.40. The van der Waals surface area contributed by atoms with Crippen LogP contribution >= 0.6 is 34.8 Å². The highest BCUT2D eigenvalue weighted by Gasteiger charge is 2.29. The van der Waals surface area contributed by atoms with Crippen molar-refractivity contribution in [3.05, 3.63) is 0 Å². The lowest BCUT2D eigenvalue weighted by atomic mass is 10.0. The second kappa shape index (κ2) is 5.17. The van der Waals surface area contributed by atoms with Crippen LogP contribution in [-0.2, 0) is 0 Å². The first kappa shape index (κ1) is 12.4. The fraction of sp³-hybridized carbons (Fsp3) is 0.875. The molecule has 0 aromatic heterocycles. The van der Waals surface area contributed by atoms with Crippen LogP contribution in [0.5, 0.6) is 0 Å². The van der Waals surface area contributed by atoms with E-state index in [2.05, 4.69) is 0 Å². The first-order valence-electron chi connectivity index (χ1n) is 3.86. The first-order chi connectivity index (χ1) is 5.43. The van der Waals surface area contributed by atoms with Gasteiger partial charge in [-0.15, -0.1) is 11.6 Å². The van der Waals surface area contributed by atoms with Crippen molar-refractivity contribution < 1.29 is 0 Å². The van der Waals surface area contributed by atoms with Gasteiger partial charge in [0.1, 0.15) is 6.07 Å². The van der Waals surface area contributed by atoms with Gasteiger partial charge in [-0.3, -0.25) is 0 Å². The molecule has 12 heavy (non-hydrogen) atoms. The highest BCUT2D eigenvalue weighted by atomic mass is 35.5. The van der Waals surface area contributed by atoms with Crippen LogP contribution in [0.3, 0.4) is 0 Å². The smallest absolute Gasteiger partial charge is 0.195 e. The zero-order valence-corrected chi connectivity index (χ0v) is 9.42. The molecular formula is C8H12Cl3N. The van der Waals surface area contributed by atoms with Crippen LogP contribution < -0.4 is 0 Å². The molecule has 0 saturated heterocycles. The molecule has 0 heterocycles. The van der Waals surface area contributed by atoms with Crippen LogP contribution in [0.4, 0.5) is 0 Å². The van der Waals surface area contributed by atoms with Gasteiger partial charge in [0, 0.05) is 11.8 Å². The van der Waals surface area contributed by atoms with E-state index in [-0.39, 0.29) is 5.38 Å². The van der Waals surface area contributed by atoms with Gasteiger partial charge in [-0.1, -0.05) is 43.5 Å². The van der Waals surface area contributed by atoms with Crippen LogP contribution in [-0.4, -0.2) is 9.71 Å². The predicted octanol–water partition coefficient (Wildman–Crippen LogP) is 3.73. The molecule has 2 atom stereocenters. The van der Waals surface area contributed by atoms with Crippen LogP contribution in [0, 0.1) is 17.2 Å². The molecule has 0 rings (SSSR count). The highest BCUT2D eigenvalue weighted by Crippen LogP contribution is 2.31. The van der Waals surface area contributed by atoms with Crippen LogP contribution in [0.1, 0.15) is 26.7 Å². The SMILES string of the molecule is CCC(C)C(Cl)CC(Cl)(Cl)C#N. The Morgan fingerprint density at radius 2 is 2.00 bits per heavy atom. The topological polar surface area (TPSA) is 23.8 Å². The Balaban J connectivity index is 4.01. The van der Waals surface area contributed by atoms with Gasteiger partial charge in [0.2, 0.25) is 4.33 Å². The minimum absolute atomic E-state index is 0.135. The van der Waals surface area contributed by atoms with Crippen molar-refractivity contribution in [2.75, 3.05) is 0 Å². The van der Waals surface area contributed by atoms with E-state index in [1.807, 2.05) is 13.8 Å². The molecule has 0 saturated carbocycles. The maximum Gasteiger partial charge on any atom is 0.204 e. The van der Waals surface area contributed by atoms with E-state index in [0.29, 0.717) is 12.3 Å². The molecule has 1 nitrogen and oxygen atoms in total. The zero-order valence-electron chi connectivity index (χ0n) is 7.15. The van der Waals surface area contributed by atoms with Gasteiger partial charge in [-0.2, -0.15) is 5.26 Å². The Hall–Kier alpha value is 0.360. The fourth-order valence-corrected chi connectivity index (χ4v) is 1.65. The summed E-state index contributed by atoms with van der Waals surface area (Å²) in [5, 5.41) is 8.39. The maximum atomic E-state index is 8.52. The van der Waals surface area contributed by atoms with E-state index in [1.165, 1.54) is 0 Å². The average molecular weight is 229 g/mol. The lowest BCUT2D eigenvalue weighted by molar-refractivity contribution is 0.502. The Morgan fingerprint density at radius 3 is 2.33 bits per heavy atom. The van der Waals surface area contributed by atoms with E-state index in [0.717, 1.165) is 6.42 Å². The van der Waals surface area contributed by atoms with E-state index in [4.69, 9.17) is 40.1 Å². The largest absolute Gasteiger partial charge is 0.204 e. The van der Waals surface area contributed by atoms with Gasteiger partial charge >= 0.3 is 0 Å². The lowest BCUT2D eigenvalue weighted by Crippen LogP contribution is -2.21. The third-order valence-corrected chi connectivity index (χ3v) is 2.94. The number of nitrogens with zero attached hydrogens (tertiary/aromatic N) is 1. The Bertz CT molecular complexity index is 174. The standard InChI is InChI=1S/C8H12Cl3N/c1-3-6(2)7(9)4-8(10,11)5-12/h6-7H,3-4H2,1-2H3. The van der Waals surface area contributed by atoms with Crippen molar-refractivity contribution in [2.24, 2.45) is 5.92 Å². The number of halogens is 3. The molecule has 0 bridgehead atoms. The molecule has 0 aromatic carbocycles. The number of alkyl halides is 3. The number of hydrogen-bond acceptors (Lipinski definition) is 1. The molecule has 0 radical (unpaired) electrons. The number of rotatable bonds is 4. The summed E-state index contributed by atoms with van der Waals surface area (Å²) in [6, 6.07) is 1.80. The number of hydrogen-bond donors (Lipinski definition) is 0. The Labute approximate surface area is 88.6 Å². The molecule has 0 amide bonds. The maximum absolute atomic E-state index is 8.52. The quantitative estimate of drug-likeness (QED) is 0.673. The minimum atomic E-state index is -1.34. The second-order valence-corrected chi connectivity index (χ2v) is 4.97. The molecule has 0 aromatic rings. The van der Waals surface area contributed by atoms with Crippen molar-refractivity contribution in [3.8, 4) is 6.07 Å². The highest BCUT2D eigenvalue weighted by molar-refractivity contribution is 6.50. The van der Waals surface area contributed by atoms with Crippen LogP contribution in [0.15, 0.2) is 0 Å². The molecule has 0 fully saturated rings. The van der Waals surface area contributed by atoms with Crippen molar-refractivity contribution in [1.29, 1.82) is 5.26 Å². The van der Waals surface area contributed by atoms with E-state index >= 15 is 0 Å². The third-order valence-electron chi connectivity index (χ3n) is 1.88. The fourth-order valence-electron chi connectivity index (χ4n) is 0.747. The second-order valence-electron chi connectivity index (χ2n) is 2.92. The van der Waals surface area contributed by atoms with E-state index in [9.17, 15) is 0 Å². The van der Waals surface area contributed by atoms with Crippen molar-refractivity contribution in [1.82, 2.24) is 0 Å². The van der Waals surface area contributed by atoms with Crippen LogP contribution in [0.25, 0.3) is 0 Å². The zero-order chi connectivity index (χ0) is 9.78. The summed E-state index contributed by atoms with van der Waals surface area (Å²) in [6.45, 7) is 4.05. The van der Waals surface area contributed by atoms with Crippen LogP contribution in [0.2, 0.25) is 0 Å². The normalized spacial score (nSPS) is 16.7. The molecule has 70 valence electrons. The molecule has 0 spiro atoms. The molecule has 0 aliphatic heterocycles. The molecule has 0 aliphatic rings. The summed E-state index contributed by atoms with van der Waals surface area (Å²) < 4.78 is -1.34. The summed E-state index contributed by atoms with van der Waals surface area (Å²) in [6.07, 6.45) is 1.27. The van der Waals surface area contributed by atoms with Gasteiger partial charge < -0.3 is 0 Å². The lowest BCUT2D eigenvalue weighted by Gasteiger charge is -2.19. The molecule has 0 N–H and O–H groups in total. The monoisotopic (exact) mass is 227 g/mol. The minimum Gasteiger partial charge on any atom is -0.195 e. The van der Waals surface area contributed by atoms with Gasteiger partial charge in [0.25, 0.3) is 0 Å². The van der Waals surface area contributed by atoms with Crippen molar-refractivity contribution in [3.63, 3.8) is 0 Å². The summed E-state index contributed by atoms with van der Waals surface area (Å²) >= 11 is 17.2. The number of nitriles is 1. The Kier molecular flexibility index (Phi) is 5.32. The van der Waals surface area contributed by atoms with Gasteiger partial charge in [0.15, 0.2) is 0 Å². The first-order valence-corrected chi connectivity index (χ1v) is 5.05. The van der Waals surface area contributed by atoms with Gasteiger partial charge in [-0.25, -0.2) is 0 Å². The van der Waals surface area contributed by atoms with E-state index < -0.39 is 4.33 Å². The molecule has 2 unspecified atom stereocenters. The molecular weight excluding hydrogens is 216 g/mol. The van der Waals surface area contributed by atoms with Crippen molar-refractivity contribution >= 4 is 34.8 Å². The van der Waals surface area contributed by atoms with Gasteiger partial charge in [0.05, 0.1) is 0 Å². The predicted molar refractivity (Wildman–Crippen MR) is 53.8 cm³/mol. The summed E-state index contributed by atoms with van der Waals surface area (Å²) in [5.74, 6) is 0.330. The van der Waals surface area contributed by atoms with Gasteiger partial charge in [-0.05, 0) is 5.92 Å². The molecule has 4 heteroatoms. The summed E-state index contributed by atoms with van der Waals surface area (Å²) in [4.78, 5) is 0. The summed E-state index contributed by atoms with van der Waals surface area (Å²) in [5.41, 5.74) is 0. The van der Waals surface area contributed by atoms with E-state index in [1.54, 1.807) is 6.07 Å². The summed E-state index contributed by atoms with van der Waals surface area (Å²) in [7, 11) is 0. The Morgan fingerprint density at radius 1 is 1.50 bits per heavy atom. The molecule has 0 aliphatic carbocycles.